The number of hydrogen-bond donors (Lipinski definition) is 1. The van der Waals surface area contributed by atoms with Crippen LogP contribution in [0, 0.1) is 5.92 Å². The Kier molecular flexibility index (Phi) is 5.80. The second-order valence-corrected chi connectivity index (χ2v) is 7.76. The van der Waals surface area contributed by atoms with Gasteiger partial charge in [-0.1, -0.05) is 33.6 Å². The third-order valence-corrected chi connectivity index (χ3v) is 4.70. The van der Waals surface area contributed by atoms with E-state index in [9.17, 15) is 13.2 Å². The van der Waals surface area contributed by atoms with E-state index in [0.29, 0.717) is 6.54 Å². The Bertz CT molecular complexity index is 408. The molecule has 0 spiro atoms. The van der Waals surface area contributed by atoms with Crippen molar-refractivity contribution in [2.24, 2.45) is 5.92 Å². The molecule has 3 unspecified atom stereocenters. The van der Waals surface area contributed by atoms with Gasteiger partial charge in [0.1, 0.15) is 9.84 Å². The maximum Gasteiger partial charge on any atom is 0.241 e. The molecule has 0 aromatic heterocycles. The number of nitrogens with one attached hydrogen (secondary N) is 1. The van der Waals surface area contributed by atoms with Gasteiger partial charge in [-0.05, 0) is 12.3 Å². The molecule has 0 aromatic rings. The van der Waals surface area contributed by atoms with E-state index in [2.05, 4.69) is 26.1 Å². The molecule has 3 atom stereocenters. The standard InChI is InChI=1S/C13H26N2O3S/c1-5-7-11-14-12(10(3)6-2)13(16)15(11)8-9-19(4,17)18/h10-12,14H,5-9H2,1-4H3. The van der Waals surface area contributed by atoms with Crippen LogP contribution in [0.1, 0.15) is 40.0 Å². The van der Waals surface area contributed by atoms with Gasteiger partial charge < -0.3 is 4.90 Å². The fourth-order valence-electron chi connectivity index (χ4n) is 2.39. The van der Waals surface area contributed by atoms with Crippen LogP contribution >= 0.6 is 0 Å². The fourth-order valence-corrected chi connectivity index (χ4v) is 2.92. The average Bonchev–Trinajstić information content (AvgIpc) is 2.62. The molecule has 6 heteroatoms. The smallest absolute Gasteiger partial charge is 0.241 e. The molecule has 1 aliphatic heterocycles. The minimum Gasteiger partial charge on any atom is -0.325 e. The van der Waals surface area contributed by atoms with Crippen LogP contribution in [0.4, 0.5) is 0 Å². The van der Waals surface area contributed by atoms with Crippen molar-refractivity contribution in [2.75, 3.05) is 18.6 Å². The molecule has 1 rings (SSSR count). The zero-order chi connectivity index (χ0) is 14.6. The van der Waals surface area contributed by atoms with Crippen LogP contribution in [0.2, 0.25) is 0 Å². The van der Waals surface area contributed by atoms with Gasteiger partial charge in [0.05, 0.1) is 18.0 Å². The average molecular weight is 290 g/mol. The highest BCUT2D eigenvalue weighted by Crippen LogP contribution is 2.21. The number of rotatable bonds is 7. The Balaban J connectivity index is 2.77. The number of hydrogen-bond acceptors (Lipinski definition) is 4. The van der Waals surface area contributed by atoms with Crippen LogP contribution in [0.25, 0.3) is 0 Å². The maximum atomic E-state index is 12.4. The van der Waals surface area contributed by atoms with Crippen LogP contribution in [-0.2, 0) is 14.6 Å². The summed E-state index contributed by atoms with van der Waals surface area (Å²) < 4.78 is 22.5. The molecule has 0 radical (unpaired) electrons. The van der Waals surface area contributed by atoms with Crippen molar-refractivity contribution in [3.8, 4) is 0 Å². The second-order valence-electron chi connectivity index (χ2n) is 5.50. The SMILES string of the molecule is CCCC1NC(C(C)CC)C(=O)N1CCS(C)(=O)=O. The van der Waals surface area contributed by atoms with Crippen molar-refractivity contribution in [3.05, 3.63) is 0 Å². The monoisotopic (exact) mass is 290 g/mol. The Morgan fingerprint density at radius 1 is 1.37 bits per heavy atom. The van der Waals surface area contributed by atoms with E-state index in [4.69, 9.17) is 0 Å². The summed E-state index contributed by atoms with van der Waals surface area (Å²) in [4.78, 5) is 14.1. The molecule has 1 aliphatic rings. The third kappa shape index (κ3) is 4.45. The Morgan fingerprint density at radius 2 is 2.00 bits per heavy atom. The lowest BCUT2D eigenvalue weighted by atomic mass is 9.99. The summed E-state index contributed by atoms with van der Waals surface area (Å²) in [5, 5.41) is 3.36. The summed E-state index contributed by atoms with van der Waals surface area (Å²) in [6, 6.07) is -0.166. The lowest BCUT2D eigenvalue weighted by molar-refractivity contribution is -0.130. The van der Waals surface area contributed by atoms with Crippen molar-refractivity contribution in [1.82, 2.24) is 10.2 Å². The maximum absolute atomic E-state index is 12.4. The molecule has 1 N–H and O–H groups in total. The van der Waals surface area contributed by atoms with Crippen LogP contribution in [-0.4, -0.2) is 50.0 Å². The van der Waals surface area contributed by atoms with E-state index < -0.39 is 9.84 Å². The first kappa shape index (κ1) is 16.4. The predicted molar refractivity (Wildman–Crippen MR) is 76.5 cm³/mol. The summed E-state index contributed by atoms with van der Waals surface area (Å²) in [5.41, 5.74) is 0. The molecule has 19 heavy (non-hydrogen) atoms. The van der Waals surface area contributed by atoms with Gasteiger partial charge in [-0.25, -0.2) is 8.42 Å². The molecule has 0 bridgehead atoms. The minimum absolute atomic E-state index is 0.0155. The molecule has 1 fully saturated rings. The minimum atomic E-state index is -3.04. The lowest BCUT2D eigenvalue weighted by Crippen LogP contribution is -2.40. The molecule has 0 aliphatic carbocycles. The van der Waals surface area contributed by atoms with Gasteiger partial charge in [0.2, 0.25) is 5.91 Å². The van der Waals surface area contributed by atoms with E-state index in [-0.39, 0.29) is 29.8 Å². The molecular formula is C13H26N2O3S. The highest BCUT2D eigenvalue weighted by atomic mass is 32.2. The quantitative estimate of drug-likeness (QED) is 0.760. The largest absolute Gasteiger partial charge is 0.325 e. The summed E-state index contributed by atoms with van der Waals surface area (Å²) in [6.45, 7) is 6.48. The number of sulfone groups is 1. The molecule has 112 valence electrons. The van der Waals surface area contributed by atoms with Gasteiger partial charge >= 0.3 is 0 Å². The molecule has 1 saturated heterocycles. The molecule has 5 nitrogen and oxygen atoms in total. The van der Waals surface area contributed by atoms with E-state index in [1.54, 1.807) is 4.90 Å². The van der Waals surface area contributed by atoms with E-state index in [0.717, 1.165) is 19.3 Å². The van der Waals surface area contributed by atoms with Crippen molar-refractivity contribution in [1.29, 1.82) is 0 Å². The molecule has 1 heterocycles. The van der Waals surface area contributed by atoms with Gasteiger partial charge in [0.25, 0.3) is 0 Å². The fraction of sp³-hybridized carbons (Fsp3) is 0.923. The van der Waals surface area contributed by atoms with Gasteiger partial charge in [0.15, 0.2) is 0 Å². The highest BCUT2D eigenvalue weighted by molar-refractivity contribution is 7.90. The van der Waals surface area contributed by atoms with Crippen LogP contribution < -0.4 is 5.32 Å². The molecule has 0 saturated carbocycles. The topological polar surface area (TPSA) is 66.5 Å². The Morgan fingerprint density at radius 3 is 2.47 bits per heavy atom. The third-order valence-electron chi connectivity index (χ3n) is 3.78. The van der Waals surface area contributed by atoms with Crippen molar-refractivity contribution in [3.63, 3.8) is 0 Å². The van der Waals surface area contributed by atoms with Crippen molar-refractivity contribution < 1.29 is 13.2 Å². The first-order chi connectivity index (χ1) is 8.80. The van der Waals surface area contributed by atoms with Crippen molar-refractivity contribution >= 4 is 15.7 Å². The Hall–Kier alpha value is -0.620. The zero-order valence-corrected chi connectivity index (χ0v) is 13.2. The van der Waals surface area contributed by atoms with Crippen LogP contribution in [0.3, 0.4) is 0 Å². The van der Waals surface area contributed by atoms with Gasteiger partial charge in [-0.2, -0.15) is 0 Å². The summed E-state index contributed by atoms with van der Waals surface area (Å²) in [7, 11) is -3.04. The number of nitrogens with zero attached hydrogens (tertiary/aromatic N) is 1. The number of carbonyl (C=O) groups excluding carboxylic acids is 1. The number of amides is 1. The van der Waals surface area contributed by atoms with Crippen LogP contribution in [0.15, 0.2) is 0 Å². The van der Waals surface area contributed by atoms with E-state index in [1.165, 1.54) is 6.26 Å². The van der Waals surface area contributed by atoms with E-state index >= 15 is 0 Å². The lowest BCUT2D eigenvalue weighted by Gasteiger charge is -2.23. The molecule has 0 aromatic carbocycles. The first-order valence-corrected chi connectivity index (χ1v) is 9.10. The second kappa shape index (κ2) is 6.70. The summed E-state index contributed by atoms with van der Waals surface area (Å²) in [5.74, 6) is 0.361. The Labute approximate surface area is 116 Å². The zero-order valence-electron chi connectivity index (χ0n) is 12.3. The van der Waals surface area contributed by atoms with Gasteiger partial charge in [-0.15, -0.1) is 0 Å². The van der Waals surface area contributed by atoms with Crippen molar-refractivity contribution in [2.45, 2.75) is 52.2 Å². The first-order valence-electron chi connectivity index (χ1n) is 7.04. The normalized spacial score (nSPS) is 25.9. The summed E-state index contributed by atoms with van der Waals surface area (Å²) in [6.07, 6.45) is 3.96. The molecule has 1 amide bonds. The number of carbonyl (C=O) groups is 1. The van der Waals surface area contributed by atoms with E-state index in [1.807, 2.05) is 0 Å². The van der Waals surface area contributed by atoms with Crippen LogP contribution in [0.5, 0.6) is 0 Å². The predicted octanol–water partition coefficient (Wildman–Crippen LogP) is 1.00. The highest BCUT2D eigenvalue weighted by Gasteiger charge is 2.40. The molecular weight excluding hydrogens is 264 g/mol. The van der Waals surface area contributed by atoms with Gasteiger partial charge in [0, 0.05) is 12.8 Å². The van der Waals surface area contributed by atoms with Gasteiger partial charge in [-0.3, -0.25) is 10.1 Å². The summed E-state index contributed by atoms with van der Waals surface area (Å²) >= 11 is 0.